The molecule has 2 aliphatic rings. The van der Waals surface area contributed by atoms with Crippen LogP contribution in [0.15, 0.2) is 0 Å². The van der Waals surface area contributed by atoms with E-state index in [4.69, 9.17) is 5.11 Å². The first-order chi connectivity index (χ1) is 9.00. The highest BCUT2D eigenvalue weighted by Gasteiger charge is 2.39. The molecule has 0 aromatic heterocycles. The van der Waals surface area contributed by atoms with Gasteiger partial charge < -0.3 is 20.0 Å². The van der Waals surface area contributed by atoms with E-state index in [1.807, 2.05) is 0 Å². The van der Waals surface area contributed by atoms with Crippen molar-refractivity contribution in [3.63, 3.8) is 0 Å². The van der Waals surface area contributed by atoms with Crippen molar-refractivity contribution >= 4 is 12.0 Å². The Kier molecular flexibility index (Phi) is 4.29. The van der Waals surface area contributed by atoms with Crippen LogP contribution in [-0.2, 0) is 4.79 Å². The van der Waals surface area contributed by atoms with Gasteiger partial charge in [-0.1, -0.05) is 0 Å². The van der Waals surface area contributed by atoms with Crippen molar-refractivity contribution in [1.29, 1.82) is 0 Å². The molecule has 0 radical (unpaired) electrons. The van der Waals surface area contributed by atoms with Gasteiger partial charge in [0.2, 0.25) is 0 Å². The number of aliphatic hydroxyl groups excluding tert-OH is 1. The fraction of sp³-hybridized carbons (Fsp3) is 0.846. The molecule has 2 heterocycles. The van der Waals surface area contributed by atoms with Crippen LogP contribution in [0, 0.1) is 0 Å². The topological polar surface area (TPSA) is 81.1 Å². The van der Waals surface area contributed by atoms with Gasteiger partial charge in [-0.2, -0.15) is 0 Å². The number of nitrogens with zero attached hydrogens (tertiary/aromatic N) is 2. The number of hydrogen-bond donors (Lipinski definition) is 2. The minimum Gasteiger partial charge on any atom is -0.480 e. The quantitative estimate of drug-likeness (QED) is 0.798. The number of carbonyl (C=O) groups excluding carboxylic acids is 1. The number of hydrogen-bond acceptors (Lipinski definition) is 3. The van der Waals surface area contributed by atoms with E-state index in [9.17, 15) is 14.7 Å². The molecule has 2 fully saturated rings. The molecule has 0 bridgehead atoms. The molecule has 0 aliphatic carbocycles. The van der Waals surface area contributed by atoms with Gasteiger partial charge >= 0.3 is 12.0 Å². The lowest BCUT2D eigenvalue weighted by atomic mass is 10.1. The van der Waals surface area contributed by atoms with Gasteiger partial charge in [0.15, 0.2) is 0 Å². The summed E-state index contributed by atoms with van der Waals surface area (Å²) in [4.78, 5) is 26.8. The number of carbonyl (C=O) groups is 2. The highest BCUT2D eigenvalue weighted by atomic mass is 16.4. The van der Waals surface area contributed by atoms with Crippen molar-refractivity contribution in [2.24, 2.45) is 0 Å². The average molecular weight is 270 g/mol. The lowest BCUT2D eigenvalue weighted by Crippen LogP contribution is -2.50. The standard InChI is InChI=1S/C13H22N2O4/c1-9(16)8-10-4-2-6-14(10)13(19)15-7-3-5-11(15)12(17)18/h9-11,16H,2-8H2,1H3,(H,17,18)/t9?,10?,11-/m1/s1. The van der Waals surface area contributed by atoms with Crippen LogP contribution in [0.4, 0.5) is 4.79 Å². The van der Waals surface area contributed by atoms with Crippen LogP contribution in [0.2, 0.25) is 0 Å². The van der Waals surface area contributed by atoms with E-state index in [0.29, 0.717) is 25.9 Å². The average Bonchev–Trinajstić information content (AvgIpc) is 2.94. The molecule has 0 aromatic carbocycles. The van der Waals surface area contributed by atoms with E-state index in [1.54, 1.807) is 11.8 Å². The number of aliphatic hydroxyl groups is 1. The maximum Gasteiger partial charge on any atom is 0.326 e. The summed E-state index contributed by atoms with van der Waals surface area (Å²) in [6.45, 7) is 2.91. The summed E-state index contributed by atoms with van der Waals surface area (Å²) in [5.41, 5.74) is 0. The van der Waals surface area contributed by atoms with Gasteiger partial charge in [0, 0.05) is 19.1 Å². The molecular weight excluding hydrogens is 248 g/mol. The van der Waals surface area contributed by atoms with E-state index < -0.39 is 18.1 Å². The second-order valence-corrected chi connectivity index (χ2v) is 5.55. The van der Waals surface area contributed by atoms with Gasteiger partial charge in [-0.15, -0.1) is 0 Å². The molecule has 108 valence electrons. The van der Waals surface area contributed by atoms with Crippen LogP contribution >= 0.6 is 0 Å². The summed E-state index contributed by atoms with van der Waals surface area (Å²) in [6, 6.07) is -0.809. The van der Waals surface area contributed by atoms with Gasteiger partial charge in [-0.3, -0.25) is 0 Å². The molecule has 2 N–H and O–H groups in total. The number of carboxylic acid groups (broad SMARTS) is 1. The number of amides is 2. The zero-order chi connectivity index (χ0) is 14.0. The molecule has 0 saturated carbocycles. The molecule has 6 nitrogen and oxygen atoms in total. The van der Waals surface area contributed by atoms with Gasteiger partial charge in [-0.25, -0.2) is 9.59 Å². The largest absolute Gasteiger partial charge is 0.480 e. The number of aliphatic carboxylic acids is 1. The summed E-state index contributed by atoms with van der Waals surface area (Å²) in [5, 5.41) is 18.6. The van der Waals surface area contributed by atoms with Crippen LogP contribution in [0.5, 0.6) is 0 Å². The lowest BCUT2D eigenvalue weighted by molar-refractivity contribution is -0.141. The molecule has 2 saturated heterocycles. The molecule has 3 atom stereocenters. The summed E-state index contributed by atoms with van der Waals surface area (Å²) < 4.78 is 0. The van der Waals surface area contributed by atoms with Crippen molar-refractivity contribution in [1.82, 2.24) is 9.80 Å². The third-order valence-electron chi connectivity index (χ3n) is 4.02. The molecule has 2 rings (SSSR count). The van der Waals surface area contributed by atoms with Crippen LogP contribution in [0.25, 0.3) is 0 Å². The highest BCUT2D eigenvalue weighted by molar-refractivity contribution is 5.83. The number of rotatable bonds is 3. The lowest BCUT2D eigenvalue weighted by Gasteiger charge is -2.32. The number of urea groups is 1. The summed E-state index contributed by atoms with van der Waals surface area (Å²) in [6.07, 6.45) is 3.23. The zero-order valence-electron chi connectivity index (χ0n) is 11.3. The van der Waals surface area contributed by atoms with Crippen LogP contribution in [0.3, 0.4) is 0 Å². The molecule has 0 aromatic rings. The number of carboxylic acids is 1. The van der Waals surface area contributed by atoms with Crippen molar-refractivity contribution in [3.8, 4) is 0 Å². The molecule has 19 heavy (non-hydrogen) atoms. The summed E-state index contributed by atoms with van der Waals surface area (Å²) in [7, 11) is 0. The third-order valence-corrected chi connectivity index (χ3v) is 4.02. The predicted octanol–water partition coefficient (Wildman–Crippen LogP) is 0.891. The Morgan fingerprint density at radius 3 is 2.47 bits per heavy atom. The van der Waals surface area contributed by atoms with Gasteiger partial charge in [0.25, 0.3) is 0 Å². The van der Waals surface area contributed by atoms with E-state index in [0.717, 1.165) is 19.3 Å². The van der Waals surface area contributed by atoms with E-state index in [2.05, 4.69) is 0 Å². The third kappa shape index (κ3) is 3.00. The fourth-order valence-corrected chi connectivity index (χ4v) is 3.14. The van der Waals surface area contributed by atoms with Crippen molar-refractivity contribution in [2.75, 3.05) is 13.1 Å². The molecular formula is C13H22N2O4. The maximum atomic E-state index is 12.5. The molecule has 2 aliphatic heterocycles. The van der Waals surface area contributed by atoms with Crippen LogP contribution < -0.4 is 0 Å². The first-order valence-corrected chi connectivity index (χ1v) is 6.99. The predicted molar refractivity (Wildman–Crippen MR) is 68.8 cm³/mol. The Bertz CT molecular complexity index is 359. The van der Waals surface area contributed by atoms with Crippen molar-refractivity contribution in [3.05, 3.63) is 0 Å². The van der Waals surface area contributed by atoms with E-state index in [1.165, 1.54) is 4.90 Å². The molecule has 2 unspecified atom stereocenters. The van der Waals surface area contributed by atoms with E-state index in [-0.39, 0.29) is 12.1 Å². The minimum absolute atomic E-state index is 0.0440. The van der Waals surface area contributed by atoms with Crippen LogP contribution in [0.1, 0.15) is 39.0 Å². The Morgan fingerprint density at radius 1 is 1.21 bits per heavy atom. The van der Waals surface area contributed by atoms with Gasteiger partial charge in [0.05, 0.1) is 6.10 Å². The fourth-order valence-electron chi connectivity index (χ4n) is 3.14. The van der Waals surface area contributed by atoms with Gasteiger partial charge in [0.1, 0.15) is 6.04 Å². The molecule has 6 heteroatoms. The van der Waals surface area contributed by atoms with E-state index >= 15 is 0 Å². The Hall–Kier alpha value is -1.30. The summed E-state index contributed by atoms with van der Waals surface area (Å²) >= 11 is 0. The normalized spacial score (nSPS) is 28.7. The van der Waals surface area contributed by atoms with Crippen LogP contribution in [-0.4, -0.2) is 63.3 Å². The number of likely N-dealkylation sites (tertiary alicyclic amines) is 2. The first kappa shape index (κ1) is 14.1. The second kappa shape index (κ2) is 5.77. The Morgan fingerprint density at radius 2 is 1.84 bits per heavy atom. The van der Waals surface area contributed by atoms with Crippen molar-refractivity contribution in [2.45, 2.75) is 57.2 Å². The second-order valence-electron chi connectivity index (χ2n) is 5.55. The maximum absolute atomic E-state index is 12.5. The Balaban J connectivity index is 2.04. The molecule has 2 amide bonds. The van der Waals surface area contributed by atoms with Crippen molar-refractivity contribution < 1.29 is 19.8 Å². The monoisotopic (exact) mass is 270 g/mol. The first-order valence-electron chi connectivity index (χ1n) is 6.99. The minimum atomic E-state index is -0.919. The SMILES string of the molecule is CC(O)CC1CCCN1C(=O)N1CCC[C@@H]1C(=O)O. The Labute approximate surface area is 113 Å². The molecule has 0 spiro atoms. The smallest absolute Gasteiger partial charge is 0.326 e. The zero-order valence-corrected chi connectivity index (χ0v) is 11.3. The van der Waals surface area contributed by atoms with Gasteiger partial charge in [-0.05, 0) is 39.0 Å². The summed E-state index contributed by atoms with van der Waals surface area (Å²) in [5.74, 6) is -0.919. The highest BCUT2D eigenvalue weighted by Crippen LogP contribution is 2.26.